The summed E-state index contributed by atoms with van der Waals surface area (Å²) < 4.78 is 5.33. The Kier molecular flexibility index (Phi) is 7.54. The number of carbonyl (C=O) groups is 2. The second-order valence-electron chi connectivity index (χ2n) is 26.3. The fourth-order valence-corrected chi connectivity index (χ4v) is 18.2. The molecule has 0 saturated heterocycles. The zero-order chi connectivity index (χ0) is 45.8. The second-order valence-corrected chi connectivity index (χ2v) is 26.3. The van der Waals surface area contributed by atoms with Crippen molar-refractivity contribution in [2.45, 2.75) is 173 Å². The molecule has 6 fully saturated rings. The van der Waals surface area contributed by atoms with Crippen molar-refractivity contribution in [3.63, 3.8) is 0 Å². The third kappa shape index (κ3) is 4.80. The van der Waals surface area contributed by atoms with E-state index >= 15 is 0 Å². The van der Waals surface area contributed by atoms with Gasteiger partial charge in [0.1, 0.15) is 0 Å². The summed E-state index contributed by atoms with van der Waals surface area (Å²) in [4.78, 5) is 29.8. The van der Waals surface area contributed by atoms with Crippen LogP contribution in [0.4, 0.5) is 0 Å². The Bertz CT molecular complexity index is 3730. The molecule has 0 amide bonds. The predicted octanol–water partition coefficient (Wildman–Crippen LogP) is 16.9. The van der Waals surface area contributed by atoms with Gasteiger partial charge in [-0.2, -0.15) is 0 Å². The summed E-state index contributed by atoms with van der Waals surface area (Å²) in [5.41, 5.74) is 18.3. The lowest BCUT2D eigenvalue weighted by Crippen LogP contribution is -2.48. The van der Waals surface area contributed by atoms with Gasteiger partial charge in [0.05, 0.1) is 33.1 Å². The van der Waals surface area contributed by atoms with Gasteiger partial charge in [0.15, 0.2) is 11.6 Å². The minimum absolute atomic E-state index is 0.0532. The molecule has 4 nitrogen and oxygen atoms in total. The fourth-order valence-electron chi connectivity index (χ4n) is 18.2. The average Bonchev–Trinajstić information content (AvgIpc) is 3.93. The van der Waals surface area contributed by atoms with Crippen LogP contribution in [0.1, 0.15) is 216 Å². The van der Waals surface area contributed by atoms with E-state index < -0.39 is 0 Å². The van der Waals surface area contributed by atoms with Gasteiger partial charge in [-0.15, -0.1) is 0 Å². The zero-order valence-electron chi connectivity index (χ0n) is 41.4. The van der Waals surface area contributed by atoms with Crippen LogP contribution in [-0.2, 0) is 10.8 Å². The van der Waals surface area contributed by atoms with Crippen molar-refractivity contribution < 1.29 is 9.59 Å². The molecule has 5 aromatic carbocycles. The molecule has 8 bridgehead atoms. The lowest BCUT2D eigenvalue weighted by molar-refractivity contribution is -0.00508. The minimum Gasteiger partial charge on any atom is -0.308 e. The molecule has 0 aliphatic heterocycles. The predicted molar refractivity (Wildman–Crippen MR) is 281 cm³/mol. The number of hydrogen-bond acceptors (Lipinski definition) is 2. The van der Waals surface area contributed by atoms with Gasteiger partial charge in [-0.3, -0.25) is 9.59 Å². The summed E-state index contributed by atoms with van der Waals surface area (Å²) in [6.07, 6.45) is 17.0. The van der Waals surface area contributed by atoms with Gasteiger partial charge in [-0.05, 0) is 224 Å². The first-order valence-electron chi connectivity index (χ1n) is 27.4. The largest absolute Gasteiger partial charge is 0.308 e. The van der Waals surface area contributed by atoms with Crippen LogP contribution in [0.5, 0.6) is 0 Å². The first kappa shape index (κ1) is 39.8. The van der Waals surface area contributed by atoms with Crippen LogP contribution in [0.25, 0.3) is 76.2 Å². The average molecular weight is 895 g/mol. The molecule has 0 unspecified atom stereocenters. The minimum atomic E-state index is -0.0532. The highest BCUT2D eigenvalue weighted by atomic mass is 16.1. The Labute approximate surface area is 399 Å². The Balaban J connectivity index is 1.10. The molecule has 6 saturated carbocycles. The summed E-state index contributed by atoms with van der Waals surface area (Å²) in [6.45, 7) is 16.5. The maximum atomic E-state index is 14.9. The number of ketones is 2. The Hall–Kier alpha value is -4.96. The molecule has 0 radical (unpaired) electrons. The van der Waals surface area contributed by atoms with Gasteiger partial charge < -0.3 is 8.80 Å². The Morgan fingerprint density at radius 2 is 0.838 bits per heavy atom. The van der Waals surface area contributed by atoms with Crippen molar-refractivity contribution >= 4 is 87.8 Å². The van der Waals surface area contributed by atoms with Gasteiger partial charge >= 0.3 is 0 Å². The maximum absolute atomic E-state index is 14.9. The molecule has 4 heteroatoms. The van der Waals surface area contributed by atoms with Crippen LogP contribution < -0.4 is 0 Å². The number of Topliss-reactive ketones (excluding diaryl/α,β-unsaturated/α-hetero) is 2. The van der Waals surface area contributed by atoms with E-state index in [1.54, 1.807) is 5.56 Å². The summed E-state index contributed by atoms with van der Waals surface area (Å²) in [6, 6.07) is 20.7. The number of nitrogens with zero attached hydrogens (tertiary/aromatic N) is 2. The number of rotatable bonds is 3. The quantitative estimate of drug-likeness (QED) is 0.177. The third-order valence-corrected chi connectivity index (χ3v) is 20.8. The van der Waals surface area contributed by atoms with E-state index in [0.717, 1.165) is 80.2 Å². The SMILES string of the molecule is CC(C)c1c2c(cc3c4cc(C(C)(C)C)cc5c6cc7c(cc6n(c13)c54)c1cc(C34CC5CC(CC(C5)C3)C4)cc3c4cc5c(c(C(C)C)c4n7c13)C(=O)C1CCC5CC1)C1CCC(CC1)C2=O. The molecule has 19 rings (SSSR count). The summed E-state index contributed by atoms with van der Waals surface area (Å²) in [5.74, 6) is 5.04. The summed E-state index contributed by atoms with van der Waals surface area (Å²) in [5, 5.41) is 10.8. The van der Waals surface area contributed by atoms with Crippen molar-refractivity contribution in [3.05, 3.63) is 93.0 Å². The van der Waals surface area contributed by atoms with Gasteiger partial charge in [-0.1, -0.05) is 48.5 Å². The van der Waals surface area contributed by atoms with Crippen LogP contribution in [0.3, 0.4) is 0 Å². The lowest BCUT2D eigenvalue weighted by atomic mass is 9.48. The molecule has 4 aromatic heterocycles. The molecule has 4 heterocycles. The van der Waals surface area contributed by atoms with E-state index in [9.17, 15) is 9.59 Å². The molecule has 10 aliphatic carbocycles. The van der Waals surface area contributed by atoms with Gasteiger partial charge in [0.25, 0.3) is 0 Å². The smallest absolute Gasteiger partial charge is 0.166 e. The maximum Gasteiger partial charge on any atom is 0.166 e. The van der Waals surface area contributed by atoms with Crippen molar-refractivity contribution in [2.75, 3.05) is 0 Å². The van der Waals surface area contributed by atoms with E-state index in [0.29, 0.717) is 23.4 Å². The monoisotopic (exact) mass is 895 g/mol. The standard InChI is InChI=1S/C64H66N2O2/c1-30(2)53-55-41(35-8-12-37(13-9-35)61(55)67)23-49-47-20-39(63(5,6)7)19-45-43-25-52-44(26-51(43)65(57(45)47)59(49)53)46-21-40(64-27-32-16-33(28-64)18-34(17-32)29-64)22-48-50-24-42-36-10-14-38(15-11-36)62(68)56(42)54(31(3)4)60(50)66(52)58(46)48/h19-26,30-38H,8-18,27-29H2,1-7H3. The lowest BCUT2D eigenvalue weighted by Gasteiger charge is -2.57. The van der Waals surface area contributed by atoms with Crippen LogP contribution in [0, 0.1) is 29.6 Å². The molecule has 68 heavy (non-hydrogen) atoms. The fraction of sp³-hybridized carbons (Fsp3) is 0.500. The number of aromatic nitrogens is 2. The zero-order valence-corrected chi connectivity index (χ0v) is 41.4. The Morgan fingerprint density at radius 3 is 1.25 bits per heavy atom. The molecular formula is C64H66N2O2. The van der Waals surface area contributed by atoms with Crippen molar-refractivity contribution in [1.29, 1.82) is 0 Å². The molecule has 344 valence electrons. The number of hydrogen-bond donors (Lipinski definition) is 0. The van der Waals surface area contributed by atoms with E-state index in [-0.39, 0.29) is 34.5 Å². The number of benzene rings is 5. The van der Waals surface area contributed by atoms with Crippen LogP contribution >= 0.6 is 0 Å². The molecule has 0 N–H and O–H groups in total. The summed E-state index contributed by atoms with van der Waals surface area (Å²) in [7, 11) is 0. The Morgan fingerprint density at radius 1 is 0.471 bits per heavy atom. The van der Waals surface area contributed by atoms with E-state index in [2.05, 4.69) is 106 Å². The summed E-state index contributed by atoms with van der Waals surface area (Å²) >= 11 is 0. The second kappa shape index (κ2) is 12.9. The van der Waals surface area contributed by atoms with Crippen molar-refractivity contribution in [2.24, 2.45) is 29.6 Å². The number of carbonyl (C=O) groups excluding carboxylic acids is 2. The molecule has 9 aromatic rings. The van der Waals surface area contributed by atoms with E-state index in [1.165, 1.54) is 143 Å². The van der Waals surface area contributed by atoms with E-state index in [1.807, 2.05) is 0 Å². The number of fused-ring (bicyclic) bond motifs is 16. The topological polar surface area (TPSA) is 43.0 Å². The van der Waals surface area contributed by atoms with Gasteiger partial charge in [0.2, 0.25) is 0 Å². The highest BCUT2D eigenvalue weighted by Gasteiger charge is 2.52. The van der Waals surface area contributed by atoms with Gasteiger partial charge in [-0.25, -0.2) is 0 Å². The third-order valence-electron chi connectivity index (χ3n) is 20.8. The molecule has 10 aliphatic rings. The van der Waals surface area contributed by atoms with Crippen molar-refractivity contribution in [3.8, 4) is 0 Å². The molecule has 0 spiro atoms. The highest BCUT2D eigenvalue weighted by molar-refractivity contribution is 6.30. The first-order chi connectivity index (χ1) is 32.7. The van der Waals surface area contributed by atoms with Crippen LogP contribution in [0.2, 0.25) is 0 Å². The first-order valence-corrected chi connectivity index (χ1v) is 27.4. The van der Waals surface area contributed by atoms with Crippen LogP contribution in [-0.4, -0.2) is 20.4 Å². The normalized spacial score (nSPS) is 29.1. The van der Waals surface area contributed by atoms with Gasteiger partial charge in [0, 0.05) is 66.1 Å². The highest BCUT2D eigenvalue weighted by Crippen LogP contribution is 2.62. The molecular weight excluding hydrogens is 829 g/mol. The molecule has 0 atom stereocenters. The van der Waals surface area contributed by atoms with E-state index in [4.69, 9.17) is 0 Å². The van der Waals surface area contributed by atoms with Crippen LogP contribution in [0.15, 0.2) is 48.5 Å². The van der Waals surface area contributed by atoms with Crippen molar-refractivity contribution in [1.82, 2.24) is 8.80 Å².